The molecule has 3 atom stereocenters. The number of carbonyl (C=O) groups excluding carboxylic acids is 4. The first-order chi connectivity index (χ1) is 25.3. The van der Waals surface area contributed by atoms with Crippen LogP contribution in [0.25, 0.3) is 0 Å². The van der Waals surface area contributed by atoms with Gasteiger partial charge in [-0.2, -0.15) is 5.26 Å². The van der Waals surface area contributed by atoms with Gasteiger partial charge in [0.05, 0.1) is 46.3 Å². The predicted molar refractivity (Wildman–Crippen MR) is 207 cm³/mol. The highest BCUT2D eigenvalue weighted by molar-refractivity contribution is 7.80. The topological polar surface area (TPSA) is 142 Å². The summed E-state index contributed by atoms with van der Waals surface area (Å²) >= 11 is 12.2. The van der Waals surface area contributed by atoms with Crippen molar-refractivity contribution in [3.63, 3.8) is 0 Å². The molecule has 14 heteroatoms. The maximum Gasteiger partial charge on any atom is 0.258 e. The predicted octanol–water partition coefficient (Wildman–Crippen LogP) is 5.21. The zero-order valence-corrected chi connectivity index (χ0v) is 32.5. The van der Waals surface area contributed by atoms with Gasteiger partial charge in [-0.15, -0.1) is 0 Å². The number of aromatic nitrogens is 1. The van der Waals surface area contributed by atoms with Gasteiger partial charge < -0.3 is 15.1 Å². The number of hydrogen-bond acceptors (Lipinski definition) is 9. The summed E-state index contributed by atoms with van der Waals surface area (Å²) in [5.41, 5.74) is 1.35. The molecule has 0 spiro atoms. The van der Waals surface area contributed by atoms with Gasteiger partial charge in [0, 0.05) is 37.6 Å². The minimum atomic E-state index is -0.770. The van der Waals surface area contributed by atoms with E-state index < -0.39 is 11.5 Å². The number of piperidine rings is 1. The molecule has 53 heavy (non-hydrogen) atoms. The van der Waals surface area contributed by atoms with Crippen LogP contribution in [-0.2, 0) is 19.2 Å². The Bertz CT molecular complexity index is 1780. The van der Waals surface area contributed by atoms with Gasteiger partial charge in [-0.1, -0.05) is 11.6 Å². The number of amides is 4. The average Bonchev–Trinajstić information content (AvgIpc) is 3.29. The van der Waals surface area contributed by atoms with Crippen molar-refractivity contribution in [2.75, 3.05) is 36.4 Å². The zero-order chi connectivity index (χ0) is 38.0. The molecule has 4 amide bonds. The molecule has 3 aliphatic heterocycles. The summed E-state index contributed by atoms with van der Waals surface area (Å²) in [7, 11) is 0. The number of nitriles is 1. The summed E-state index contributed by atoms with van der Waals surface area (Å²) in [4.78, 5) is 63.2. The number of hydrogen-bond donors (Lipinski definition) is 2. The van der Waals surface area contributed by atoms with E-state index in [0.29, 0.717) is 51.5 Å². The third kappa shape index (κ3) is 8.41. The Morgan fingerprint density at radius 2 is 1.79 bits per heavy atom. The van der Waals surface area contributed by atoms with Crippen LogP contribution >= 0.6 is 23.8 Å². The van der Waals surface area contributed by atoms with E-state index in [-0.39, 0.29) is 48.3 Å². The van der Waals surface area contributed by atoms with E-state index in [9.17, 15) is 24.4 Å². The highest BCUT2D eigenvalue weighted by atomic mass is 35.5. The molecule has 3 saturated heterocycles. The highest BCUT2D eigenvalue weighted by Crippen LogP contribution is 2.40. The standard InChI is InChI=1S/C39H49ClN8O4S/c1-24-21-45(22-25(2)46(24)23-35(50)43-28-10-15-33(42-20-28)31-14-16-34(49)44-36(31)51)17-5-6-26-7-11-29(12-8-26)48-38(53)47(37(52)39(48,3)4)30-13-9-27(19-41)32(40)18-30/h9-10,13,15,18,20,24-26,29,31H,5-8,11-12,14,16-17,21-23H2,1-4H3,(H,43,50)(H,44,49,51)/t24-,25+,26?,29?,31?. The fraction of sp³-hybridized carbons (Fsp3) is 0.564. The number of carbonyl (C=O) groups is 4. The van der Waals surface area contributed by atoms with Crippen molar-refractivity contribution >= 4 is 63.9 Å². The zero-order valence-electron chi connectivity index (χ0n) is 30.9. The molecule has 1 unspecified atom stereocenters. The van der Waals surface area contributed by atoms with Crippen LogP contribution in [0.5, 0.6) is 0 Å². The number of pyridine rings is 1. The molecule has 2 aromatic rings. The minimum Gasteiger partial charge on any atom is -0.331 e. The third-order valence-electron chi connectivity index (χ3n) is 11.5. The molecule has 1 aliphatic carbocycles. The Labute approximate surface area is 322 Å². The lowest BCUT2D eigenvalue weighted by Crippen LogP contribution is -2.58. The van der Waals surface area contributed by atoms with Crippen molar-refractivity contribution in [2.24, 2.45) is 5.92 Å². The summed E-state index contributed by atoms with van der Waals surface area (Å²) in [5, 5.41) is 15.4. The number of benzene rings is 1. The van der Waals surface area contributed by atoms with Gasteiger partial charge in [-0.3, -0.25) is 39.3 Å². The molecule has 1 aromatic carbocycles. The number of rotatable bonds is 10. The van der Waals surface area contributed by atoms with Crippen molar-refractivity contribution < 1.29 is 19.2 Å². The van der Waals surface area contributed by atoms with E-state index in [1.54, 1.807) is 41.4 Å². The molecule has 4 fully saturated rings. The normalized spacial score (nSPS) is 26.8. The third-order valence-corrected chi connectivity index (χ3v) is 12.2. The number of nitrogens with zero attached hydrogens (tertiary/aromatic N) is 6. The van der Waals surface area contributed by atoms with Crippen LogP contribution < -0.4 is 15.5 Å². The van der Waals surface area contributed by atoms with Crippen LogP contribution in [0.2, 0.25) is 5.02 Å². The number of piperazine rings is 1. The number of thiocarbonyl (C=S) groups is 1. The number of halogens is 1. The maximum absolute atomic E-state index is 13.6. The van der Waals surface area contributed by atoms with E-state index in [4.69, 9.17) is 23.8 Å². The van der Waals surface area contributed by atoms with Crippen molar-refractivity contribution in [2.45, 2.75) is 109 Å². The summed E-state index contributed by atoms with van der Waals surface area (Å²) in [6, 6.07) is 11.2. The molecule has 4 aliphatic rings. The van der Waals surface area contributed by atoms with E-state index in [0.717, 1.165) is 58.2 Å². The van der Waals surface area contributed by atoms with E-state index in [1.165, 1.54) is 0 Å². The molecular weight excluding hydrogens is 712 g/mol. The quantitative estimate of drug-likeness (QED) is 0.245. The number of nitrogens with one attached hydrogen (secondary N) is 2. The second-order valence-electron chi connectivity index (χ2n) is 15.6. The van der Waals surface area contributed by atoms with E-state index in [2.05, 4.69) is 50.2 Å². The van der Waals surface area contributed by atoms with Gasteiger partial charge in [-0.05, 0) is 128 Å². The summed E-state index contributed by atoms with van der Waals surface area (Å²) in [5.74, 6) is -0.583. The molecular formula is C39H49ClN8O4S. The number of anilines is 2. The van der Waals surface area contributed by atoms with Gasteiger partial charge in [-0.25, -0.2) is 0 Å². The molecule has 6 rings (SSSR count). The highest BCUT2D eigenvalue weighted by Gasteiger charge is 2.52. The first kappa shape index (κ1) is 38.8. The Kier molecular flexibility index (Phi) is 11.8. The van der Waals surface area contributed by atoms with Gasteiger partial charge >= 0.3 is 0 Å². The van der Waals surface area contributed by atoms with E-state index >= 15 is 0 Å². The van der Waals surface area contributed by atoms with Gasteiger partial charge in [0.15, 0.2) is 5.11 Å². The molecule has 2 N–H and O–H groups in total. The average molecular weight is 761 g/mol. The lowest BCUT2D eigenvalue weighted by Gasteiger charge is -2.44. The van der Waals surface area contributed by atoms with Crippen LogP contribution in [-0.4, -0.2) is 98.3 Å². The van der Waals surface area contributed by atoms with E-state index in [1.807, 2.05) is 13.8 Å². The molecule has 282 valence electrons. The smallest absolute Gasteiger partial charge is 0.258 e. The second kappa shape index (κ2) is 16.2. The van der Waals surface area contributed by atoms with Crippen molar-refractivity contribution in [1.29, 1.82) is 5.26 Å². The summed E-state index contributed by atoms with van der Waals surface area (Å²) in [6.45, 7) is 11.4. The lowest BCUT2D eigenvalue weighted by molar-refractivity contribution is -0.134. The fourth-order valence-corrected chi connectivity index (χ4v) is 9.45. The maximum atomic E-state index is 13.6. The largest absolute Gasteiger partial charge is 0.331 e. The van der Waals surface area contributed by atoms with Crippen molar-refractivity contribution in [1.82, 2.24) is 25.0 Å². The lowest BCUT2D eigenvalue weighted by atomic mass is 9.82. The van der Waals surface area contributed by atoms with Crippen LogP contribution in [0.15, 0.2) is 36.5 Å². The van der Waals surface area contributed by atoms with Crippen molar-refractivity contribution in [3.8, 4) is 6.07 Å². The van der Waals surface area contributed by atoms with Gasteiger partial charge in [0.2, 0.25) is 17.7 Å². The number of imide groups is 1. The molecule has 1 saturated carbocycles. The van der Waals surface area contributed by atoms with Crippen LogP contribution in [0, 0.1) is 17.2 Å². The first-order valence-electron chi connectivity index (χ1n) is 18.7. The van der Waals surface area contributed by atoms with Crippen LogP contribution in [0.1, 0.15) is 96.2 Å². The minimum absolute atomic E-state index is 0.0785. The summed E-state index contributed by atoms with van der Waals surface area (Å²) in [6.07, 6.45) is 8.75. The molecule has 0 radical (unpaired) electrons. The Hall–Kier alpha value is -3.96. The Balaban J connectivity index is 0.926. The first-order valence-corrected chi connectivity index (χ1v) is 19.5. The molecule has 4 heterocycles. The SMILES string of the molecule is C[C@@H]1CN(CCCC2CCC(N3C(=S)N(c4ccc(C#N)c(Cl)c4)C(=O)C3(C)C)CC2)C[C@H](C)N1CC(=O)Nc1ccc(C2CCC(=O)NC2=O)nc1. The van der Waals surface area contributed by atoms with Gasteiger partial charge in [0.25, 0.3) is 5.91 Å². The monoisotopic (exact) mass is 760 g/mol. The fourth-order valence-electron chi connectivity index (χ4n) is 8.67. The Morgan fingerprint density at radius 3 is 2.42 bits per heavy atom. The molecule has 0 bridgehead atoms. The molecule has 12 nitrogen and oxygen atoms in total. The van der Waals surface area contributed by atoms with Crippen LogP contribution in [0.3, 0.4) is 0 Å². The second-order valence-corrected chi connectivity index (χ2v) is 16.4. The van der Waals surface area contributed by atoms with Gasteiger partial charge in [0.1, 0.15) is 11.6 Å². The summed E-state index contributed by atoms with van der Waals surface area (Å²) < 4.78 is 0. The van der Waals surface area contributed by atoms with Crippen molar-refractivity contribution in [3.05, 3.63) is 52.8 Å². The Morgan fingerprint density at radius 1 is 1.08 bits per heavy atom. The van der Waals surface area contributed by atoms with Crippen LogP contribution in [0.4, 0.5) is 11.4 Å². The molecule has 1 aromatic heterocycles.